The van der Waals surface area contributed by atoms with Gasteiger partial charge in [-0.3, -0.25) is 9.67 Å². The van der Waals surface area contributed by atoms with Gasteiger partial charge >= 0.3 is 0 Å². The Morgan fingerprint density at radius 3 is 2.62 bits per heavy atom. The fraction of sp³-hybridized carbons (Fsp3) is 0.467. The fourth-order valence-electron chi connectivity index (χ4n) is 2.28. The van der Waals surface area contributed by atoms with E-state index < -0.39 is 0 Å². The molecule has 2 aromatic heterocycles. The van der Waals surface area contributed by atoms with E-state index in [4.69, 9.17) is 0 Å². The zero-order valence-corrected chi connectivity index (χ0v) is 15.6. The molecule has 1 atom stereocenters. The van der Waals surface area contributed by atoms with E-state index in [1.54, 1.807) is 6.20 Å². The zero-order valence-electron chi connectivity index (χ0n) is 12.5. The van der Waals surface area contributed by atoms with Crippen LogP contribution in [0.3, 0.4) is 0 Å². The minimum atomic E-state index is 0.0641. The third-order valence-corrected chi connectivity index (χ3v) is 4.25. The van der Waals surface area contributed by atoms with Crippen LogP contribution >= 0.6 is 31.9 Å². The van der Waals surface area contributed by atoms with Gasteiger partial charge in [-0.05, 0) is 70.3 Å². The Balaban J connectivity index is 2.48. The number of aromatic nitrogens is 3. The van der Waals surface area contributed by atoms with Crippen molar-refractivity contribution in [1.82, 2.24) is 20.1 Å². The van der Waals surface area contributed by atoms with E-state index in [-0.39, 0.29) is 6.04 Å². The Morgan fingerprint density at radius 2 is 2.00 bits per heavy atom. The molecule has 1 unspecified atom stereocenters. The molecule has 0 aliphatic heterocycles. The van der Waals surface area contributed by atoms with Crippen molar-refractivity contribution in [2.45, 2.75) is 39.3 Å². The molecular weight excluding hydrogens is 396 g/mol. The lowest BCUT2D eigenvalue weighted by atomic mass is 10.1. The lowest BCUT2D eigenvalue weighted by Gasteiger charge is -2.22. The van der Waals surface area contributed by atoms with Crippen molar-refractivity contribution in [3.05, 3.63) is 44.9 Å². The second kappa shape index (κ2) is 7.51. The SMILES string of the molecule is CCCNC(c1cncc(Br)c1)c1c(Br)cnn1C(C)C. The molecule has 0 bridgehead atoms. The van der Waals surface area contributed by atoms with E-state index in [1.165, 1.54) is 0 Å². The van der Waals surface area contributed by atoms with E-state index in [9.17, 15) is 0 Å². The summed E-state index contributed by atoms with van der Waals surface area (Å²) in [5.74, 6) is 0. The number of halogens is 2. The van der Waals surface area contributed by atoms with Gasteiger partial charge in [0.15, 0.2) is 0 Å². The van der Waals surface area contributed by atoms with E-state index >= 15 is 0 Å². The van der Waals surface area contributed by atoms with E-state index in [0.29, 0.717) is 6.04 Å². The van der Waals surface area contributed by atoms with Gasteiger partial charge in [0.2, 0.25) is 0 Å². The standard InChI is InChI=1S/C15H20Br2N4/c1-4-5-19-14(11-6-12(16)8-18-7-11)15-13(17)9-20-21(15)10(2)3/h6-10,14,19H,4-5H2,1-3H3. The Hall–Kier alpha value is -0.720. The van der Waals surface area contributed by atoms with Crippen LogP contribution < -0.4 is 5.32 Å². The van der Waals surface area contributed by atoms with E-state index in [2.05, 4.69) is 78.8 Å². The molecule has 0 amide bonds. The molecule has 114 valence electrons. The fourth-order valence-corrected chi connectivity index (χ4v) is 3.16. The van der Waals surface area contributed by atoms with Crippen LogP contribution in [-0.2, 0) is 0 Å². The second-order valence-corrected chi connectivity index (χ2v) is 7.01. The maximum atomic E-state index is 4.49. The molecular formula is C15H20Br2N4. The van der Waals surface area contributed by atoms with Gasteiger partial charge in [0.25, 0.3) is 0 Å². The lowest BCUT2D eigenvalue weighted by molar-refractivity contribution is 0.470. The summed E-state index contributed by atoms with van der Waals surface area (Å²) in [5.41, 5.74) is 2.26. The van der Waals surface area contributed by atoms with Crippen LogP contribution in [0, 0.1) is 0 Å². The Kier molecular flexibility index (Phi) is 5.96. The van der Waals surface area contributed by atoms with E-state index in [0.717, 1.165) is 33.2 Å². The number of hydrogen-bond acceptors (Lipinski definition) is 3. The van der Waals surface area contributed by atoms with Crippen molar-refractivity contribution >= 4 is 31.9 Å². The van der Waals surface area contributed by atoms with Crippen LogP contribution in [0.2, 0.25) is 0 Å². The van der Waals surface area contributed by atoms with Gasteiger partial charge in [-0.2, -0.15) is 5.10 Å². The van der Waals surface area contributed by atoms with Gasteiger partial charge < -0.3 is 5.32 Å². The molecule has 0 radical (unpaired) electrons. The quantitative estimate of drug-likeness (QED) is 0.756. The summed E-state index contributed by atoms with van der Waals surface area (Å²) in [4.78, 5) is 4.30. The van der Waals surface area contributed by atoms with Gasteiger partial charge in [-0.25, -0.2) is 0 Å². The van der Waals surface area contributed by atoms with Gasteiger partial charge in [0.05, 0.1) is 22.4 Å². The highest BCUT2D eigenvalue weighted by Crippen LogP contribution is 2.31. The van der Waals surface area contributed by atoms with Crippen LogP contribution in [-0.4, -0.2) is 21.3 Å². The van der Waals surface area contributed by atoms with Gasteiger partial charge in [0.1, 0.15) is 0 Å². The molecule has 0 aliphatic rings. The summed E-state index contributed by atoms with van der Waals surface area (Å²) in [6.07, 6.45) is 6.64. The van der Waals surface area contributed by atoms with Gasteiger partial charge in [-0.1, -0.05) is 6.92 Å². The molecule has 0 aromatic carbocycles. The number of nitrogens with one attached hydrogen (secondary N) is 1. The first-order valence-electron chi connectivity index (χ1n) is 7.11. The topological polar surface area (TPSA) is 42.7 Å². The minimum Gasteiger partial charge on any atom is -0.305 e. The molecule has 0 aliphatic carbocycles. The highest BCUT2D eigenvalue weighted by atomic mass is 79.9. The molecule has 1 N–H and O–H groups in total. The molecule has 2 rings (SSSR count). The smallest absolute Gasteiger partial charge is 0.0775 e. The maximum absolute atomic E-state index is 4.49. The first-order chi connectivity index (χ1) is 10.0. The molecule has 0 saturated carbocycles. The Labute approximate surface area is 142 Å². The molecule has 2 aromatic rings. The number of pyridine rings is 1. The highest BCUT2D eigenvalue weighted by Gasteiger charge is 2.23. The number of hydrogen-bond donors (Lipinski definition) is 1. The summed E-state index contributed by atoms with van der Waals surface area (Å²) in [6, 6.07) is 2.47. The number of rotatable bonds is 6. The molecule has 0 spiro atoms. The molecule has 0 fully saturated rings. The monoisotopic (exact) mass is 414 g/mol. The third kappa shape index (κ3) is 3.93. The summed E-state index contributed by atoms with van der Waals surface area (Å²) in [7, 11) is 0. The zero-order chi connectivity index (χ0) is 15.4. The predicted molar refractivity (Wildman–Crippen MR) is 92.4 cm³/mol. The highest BCUT2D eigenvalue weighted by molar-refractivity contribution is 9.10. The average molecular weight is 416 g/mol. The van der Waals surface area contributed by atoms with Crippen LogP contribution in [0.1, 0.15) is 50.5 Å². The van der Waals surface area contributed by atoms with Crippen molar-refractivity contribution in [1.29, 1.82) is 0 Å². The normalized spacial score (nSPS) is 12.9. The summed E-state index contributed by atoms with van der Waals surface area (Å²) >= 11 is 7.14. The van der Waals surface area contributed by atoms with E-state index in [1.807, 2.05) is 12.4 Å². The van der Waals surface area contributed by atoms with Crippen molar-refractivity contribution in [3.8, 4) is 0 Å². The average Bonchev–Trinajstić information content (AvgIpc) is 2.82. The largest absolute Gasteiger partial charge is 0.305 e. The minimum absolute atomic E-state index is 0.0641. The summed E-state index contributed by atoms with van der Waals surface area (Å²) < 4.78 is 4.05. The van der Waals surface area contributed by atoms with Crippen molar-refractivity contribution in [2.75, 3.05) is 6.54 Å². The molecule has 4 nitrogen and oxygen atoms in total. The predicted octanol–water partition coefficient (Wildman–Crippen LogP) is 4.47. The van der Waals surface area contributed by atoms with Crippen LogP contribution in [0.5, 0.6) is 0 Å². The summed E-state index contributed by atoms with van der Waals surface area (Å²) in [6.45, 7) is 7.38. The first-order valence-corrected chi connectivity index (χ1v) is 8.70. The lowest BCUT2D eigenvalue weighted by Crippen LogP contribution is -2.27. The third-order valence-electron chi connectivity index (χ3n) is 3.21. The van der Waals surface area contributed by atoms with Crippen molar-refractivity contribution in [2.24, 2.45) is 0 Å². The molecule has 21 heavy (non-hydrogen) atoms. The van der Waals surface area contributed by atoms with Gasteiger partial charge in [0, 0.05) is 22.9 Å². The molecule has 6 heteroatoms. The van der Waals surface area contributed by atoms with Crippen LogP contribution in [0.25, 0.3) is 0 Å². The van der Waals surface area contributed by atoms with Crippen molar-refractivity contribution < 1.29 is 0 Å². The van der Waals surface area contributed by atoms with Crippen LogP contribution in [0.15, 0.2) is 33.6 Å². The first kappa shape index (κ1) is 16.6. The Bertz CT molecular complexity index is 595. The van der Waals surface area contributed by atoms with Crippen molar-refractivity contribution in [3.63, 3.8) is 0 Å². The number of nitrogens with zero attached hydrogens (tertiary/aromatic N) is 3. The second-order valence-electron chi connectivity index (χ2n) is 5.24. The van der Waals surface area contributed by atoms with Gasteiger partial charge in [-0.15, -0.1) is 0 Å². The molecule has 0 saturated heterocycles. The maximum Gasteiger partial charge on any atom is 0.0775 e. The Morgan fingerprint density at radius 1 is 1.24 bits per heavy atom. The van der Waals surface area contributed by atoms with Crippen LogP contribution in [0.4, 0.5) is 0 Å². The summed E-state index contributed by atoms with van der Waals surface area (Å²) in [5, 5.41) is 8.09. The molecule has 2 heterocycles.